The molecule has 0 spiro atoms. The Morgan fingerprint density at radius 3 is 2.61 bits per heavy atom. The highest BCUT2D eigenvalue weighted by Crippen LogP contribution is 2.27. The first kappa shape index (κ1) is 17.9. The highest BCUT2D eigenvalue weighted by Gasteiger charge is 2.36. The maximum Gasteiger partial charge on any atom is 0.243 e. The zero-order valence-corrected chi connectivity index (χ0v) is 14.1. The molecule has 1 fully saturated rings. The van der Waals surface area contributed by atoms with E-state index in [1.165, 1.54) is 16.4 Å². The molecule has 1 aliphatic rings. The predicted molar refractivity (Wildman–Crippen MR) is 86.4 cm³/mol. The molecule has 0 saturated carbocycles. The van der Waals surface area contributed by atoms with Gasteiger partial charge in [0.2, 0.25) is 10.0 Å². The lowest BCUT2D eigenvalue weighted by atomic mass is 10.2. The highest BCUT2D eigenvalue weighted by molar-refractivity contribution is 7.89. The number of sulfonamides is 1. The topological polar surface area (TPSA) is 67.2 Å². The van der Waals surface area contributed by atoms with E-state index in [-0.39, 0.29) is 23.3 Å². The molecule has 1 aromatic heterocycles. The van der Waals surface area contributed by atoms with Crippen LogP contribution in [0.3, 0.4) is 0 Å². The molecule has 1 atom stereocenters. The van der Waals surface area contributed by atoms with Gasteiger partial charge in [-0.15, -0.1) is 12.4 Å². The summed E-state index contributed by atoms with van der Waals surface area (Å²) < 4.78 is 42.0. The van der Waals surface area contributed by atoms with Gasteiger partial charge in [-0.2, -0.15) is 4.31 Å². The quantitative estimate of drug-likeness (QED) is 0.896. The van der Waals surface area contributed by atoms with Gasteiger partial charge in [0, 0.05) is 39.1 Å². The van der Waals surface area contributed by atoms with E-state index >= 15 is 0 Å². The van der Waals surface area contributed by atoms with Crippen LogP contribution in [0.1, 0.15) is 11.9 Å². The van der Waals surface area contributed by atoms with Crippen molar-refractivity contribution in [2.24, 2.45) is 7.05 Å². The fourth-order valence-corrected chi connectivity index (χ4v) is 4.22. The number of imidazole rings is 1. The Hall–Kier alpha value is -1.48. The predicted octanol–water partition coefficient (Wildman–Crippen LogP) is 1.32. The molecule has 0 amide bonds. The van der Waals surface area contributed by atoms with Crippen LogP contribution in [0.5, 0.6) is 0 Å². The molecule has 2 heterocycles. The van der Waals surface area contributed by atoms with Crippen molar-refractivity contribution in [3.63, 3.8) is 0 Å². The third kappa shape index (κ3) is 3.40. The lowest BCUT2D eigenvalue weighted by Crippen LogP contribution is -2.49. The minimum Gasteiger partial charge on any atom is -0.337 e. The van der Waals surface area contributed by atoms with Gasteiger partial charge in [0.25, 0.3) is 0 Å². The third-order valence-electron chi connectivity index (χ3n) is 3.77. The molecule has 1 saturated heterocycles. The van der Waals surface area contributed by atoms with Crippen LogP contribution in [0.2, 0.25) is 0 Å². The van der Waals surface area contributed by atoms with Crippen LogP contribution in [0.4, 0.5) is 4.39 Å². The SMILES string of the molecule is Cl.Cn1ccnc1C1CNCCN1S(=O)(=O)c1ccc(F)cc1. The van der Waals surface area contributed by atoms with Crippen LogP contribution in [0.15, 0.2) is 41.6 Å². The molecule has 0 aliphatic carbocycles. The Bertz CT molecular complexity index is 763. The monoisotopic (exact) mass is 360 g/mol. The number of benzene rings is 1. The maximum absolute atomic E-state index is 13.0. The average molecular weight is 361 g/mol. The minimum absolute atomic E-state index is 0. The van der Waals surface area contributed by atoms with E-state index < -0.39 is 15.8 Å². The van der Waals surface area contributed by atoms with Crippen molar-refractivity contribution < 1.29 is 12.8 Å². The number of hydrogen-bond acceptors (Lipinski definition) is 4. The Morgan fingerprint density at radius 1 is 1.30 bits per heavy atom. The number of halogens is 2. The van der Waals surface area contributed by atoms with Crippen molar-refractivity contribution in [3.8, 4) is 0 Å². The number of rotatable bonds is 3. The lowest BCUT2D eigenvalue weighted by molar-refractivity contribution is 0.258. The zero-order chi connectivity index (χ0) is 15.7. The number of aromatic nitrogens is 2. The molecular weight excluding hydrogens is 343 g/mol. The summed E-state index contributed by atoms with van der Waals surface area (Å²) in [6, 6.07) is 4.52. The van der Waals surface area contributed by atoms with E-state index in [0.29, 0.717) is 25.5 Å². The smallest absolute Gasteiger partial charge is 0.243 e. The largest absolute Gasteiger partial charge is 0.337 e. The van der Waals surface area contributed by atoms with Crippen LogP contribution in [0, 0.1) is 5.82 Å². The van der Waals surface area contributed by atoms with Crippen LogP contribution >= 0.6 is 12.4 Å². The number of aryl methyl sites for hydroxylation is 1. The van der Waals surface area contributed by atoms with E-state index in [2.05, 4.69) is 10.3 Å². The van der Waals surface area contributed by atoms with Gasteiger partial charge in [0.05, 0.1) is 10.9 Å². The Morgan fingerprint density at radius 2 is 2.00 bits per heavy atom. The van der Waals surface area contributed by atoms with Crippen LogP contribution in [-0.4, -0.2) is 41.9 Å². The van der Waals surface area contributed by atoms with Crippen LogP contribution in [0.25, 0.3) is 0 Å². The molecule has 1 N–H and O–H groups in total. The molecule has 126 valence electrons. The zero-order valence-electron chi connectivity index (χ0n) is 12.5. The summed E-state index contributed by atoms with van der Waals surface area (Å²) >= 11 is 0. The molecule has 1 aliphatic heterocycles. The molecule has 9 heteroatoms. The first-order valence-corrected chi connectivity index (χ1v) is 8.39. The molecule has 2 aromatic rings. The van der Waals surface area contributed by atoms with Gasteiger partial charge in [-0.1, -0.05) is 0 Å². The summed E-state index contributed by atoms with van der Waals surface area (Å²) in [6.07, 6.45) is 3.43. The molecule has 6 nitrogen and oxygen atoms in total. The first-order valence-electron chi connectivity index (χ1n) is 6.95. The summed E-state index contributed by atoms with van der Waals surface area (Å²) in [5.74, 6) is 0.220. The Labute approximate surface area is 140 Å². The third-order valence-corrected chi connectivity index (χ3v) is 5.69. The Balaban J connectivity index is 0.00000192. The molecule has 0 radical (unpaired) electrons. The second kappa shape index (κ2) is 6.96. The summed E-state index contributed by atoms with van der Waals surface area (Å²) in [5, 5.41) is 3.19. The molecule has 23 heavy (non-hydrogen) atoms. The van der Waals surface area contributed by atoms with Crippen molar-refractivity contribution in [3.05, 3.63) is 48.3 Å². The normalized spacial score (nSPS) is 19.3. The molecule has 1 aromatic carbocycles. The van der Waals surface area contributed by atoms with E-state index in [4.69, 9.17) is 0 Å². The fourth-order valence-electron chi connectivity index (χ4n) is 2.63. The van der Waals surface area contributed by atoms with Gasteiger partial charge in [-0.25, -0.2) is 17.8 Å². The number of nitrogens with zero attached hydrogens (tertiary/aromatic N) is 3. The van der Waals surface area contributed by atoms with E-state index in [1.54, 1.807) is 12.4 Å². The van der Waals surface area contributed by atoms with Crippen molar-refractivity contribution in [2.45, 2.75) is 10.9 Å². The van der Waals surface area contributed by atoms with E-state index in [1.807, 2.05) is 11.6 Å². The fraction of sp³-hybridized carbons (Fsp3) is 0.357. The minimum atomic E-state index is -3.70. The summed E-state index contributed by atoms with van der Waals surface area (Å²) in [4.78, 5) is 4.36. The van der Waals surface area contributed by atoms with E-state index in [9.17, 15) is 12.8 Å². The average Bonchev–Trinajstić information content (AvgIpc) is 2.94. The van der Waals surface area contributed by atoms with Crippen molar-refractivity contribution in [2.75, 3.05) is 19.6 Å². The maximum atomic E-state index is 13.0. The molecule has 1 unspecified atom stereocenters. The Kier molecular flexibility index (Phi) is 5.41. The van der Waals surface area contributed by atoms with Gasteiger partial charge in [-0.3, -0.25) is 0 Å². The summed E-state index contributed by atoms with van der Waals surface area (Å²) in [7, 11) is -1.86. The van der Waals surface area contributed by atoms with Crippen molar-refractivity contribution in [1.82, 2.24) is 19.2 Å². The number of piperazine rings is 1. The van der Waals surface area contributed by atoms with E-state index in [0.717, 1.165) is 12.1 Å². The lowest BCUT2D eigenvalue weighted by Gasteiger charge is -2.34. The number of hydrogen-bond donors (Lipinski definition) is 1. The summed E-state index contributed by atoms with van der Waals surface area (Å²) in [6.45, 7) is 1.41. The van der Waals surface area contributed by atoms with Gasteiger partial charge in [-0.05, 0) is 24.3 Å². The standard InChI is InChI=1S/C14H17FN4O2S.ClH/c1-18-8-7-17-14(18)13-10-16-6-9-19(13)22(20,21)12-4-2-11(15)3-5-12;/h2-5,7-8,13,16H,6,9-10H2,1H3;1H. The molecule has 0 bridgehead atoms. The summed E-state index contributed by atoms with van der Waals surface area (Å²) in [5.41, 5.74) is 0. The van der Waals surface area contributed by atoms with Crippen LogP contribution < -0.4 is 5.32 Å². The van der Waals surface area contributed by atoms with Crippen molar-refractivity contribution >= 4 is 22.4 Å². The first-order chi connectivity index (χ1) is 10.5. The molecular formula is C14H18ClFN4O2S. The van der Waals surface area contributed by atoms with Crippen LogP contribution in [-0.2, 0) is 17.1 Å². The van der Waals surface area contributed by atoms with Gasteiger partial charge in [0.15, 0.2) is 0 Å². The molecule has 3 rings (SSSR count). The van der Waals surface area contributed by atoms with Gasteiger partial charge < -0.3 is 9.88 Å². The number of nitrogens with one attached hydrogen (secondary N) is 1. The second-order valence-electron chi connectivity index (χ2n) is 5.19. The van der Waals surface area contributed by atoms with Gasteiger partial charge >= 0.3 is 0 Å². The van der Waals surface area contributed by atoms with Crippen molar-refractivity contribution in [1.29, 1.82) is 0 Å². The second-order valence-corrected chi connectivity index (χ2v) is 7.08. The van der Waals surface area contributed by atoms with Gasteiger partial charge in [0.1, 0.15) is 11.6 Å². The highest BCUT2D eigenvalue weighted by atomic mass is 35.5.